The van der Waals surface area contributed by atoms with Crippen molar-refractivity contribution in [3.8, 4) is 0 Å². The Bertz CT molecular complexity index is 920. The van der Waals surface area contributed by atoms with E-state index in [9.17, 15) is 23.1 Å². The summed E-state index contributed by atoms with van der Waals surface area (Å²) in [5.41, 5.74) is 2.32. The summed E-state index contributed by atoms with van der Waals surface area (Å²) in [6.07, 6.45) is -4.04. The molecular weight excluding hydrogens is 429 g/mol. The van der Waals surface area contributed by atoms with Crippen LogP contribution in [0.3, 0.4) is 0 Å². The fraction of sp³-hybridized carbons (Fsp3) is 0.571. The SMILES string of the molecule is CC(C)CN(CC(C)C)c1ccc([C@H]2C[C@H]2C(=O)O)cc1Nc1nc(C(F)(F)F)ns1. The summed E-state index contributed by atoms with van der Waals surface area (Å²) in [6.45, 7) is 9.98. The van der Waals surface area contributed by atoms with Crippen LogP contribution >= 0.6 is 11.5 Å². The van der Waals surface area contributed by atoms with Crippen molar-refractivity contribution in [2.24, 2.45) is 17.8 Å². The zero-order valence-corrected chi connectivity index (χ0v) is 18.7. The minimum atomic E-state index is -4.61. The first kappa shape index (κ1) is 23.3. The van der Waals surface area contributed by atoms with Crippen molar-refractivity contribution < 1.29 is 23.1 Å². The quantitative estimate of drug-likeness (QED) is 0.511. The topological polar surface area (TPSA) is 78.4 Å². The molecule has 31 heavy (non-hydrogen) atoms. The fourth-order valence-electron chi connectivity index (χ4n) is 3.65. The van der Waals surface area contributed by atoms with Gasteiger partial charge in [0.05, 0.1) is 17.3 Å². The number of benzene rings is 1. The third-order valence-electron chi connectivity index (χ3n) is 4.99. The van der Waals surface area contributed by atoms with E-state index in [1.807, 2.05) is 18.2 Å². The maximum absolute atomic E-state index is 12.9. The second-order valence-corrected chi connectivity index (χ2v) is 9.55. The van der Waals surface area contributed by atoms with Crippen LogP contribution < -0.4 is 10.2 Å². The van der Waals surface area contributed by atoms with Crippen LogP contribution in [0, 0.1) is 17.8 Å². The van der Waals surface area contributed by atoms with Gasteiger partial charge in [0, 0.05) is 24.6 Å². The Morgan fingerprint density at radius 3 is 2.39 bits per heavy atom. The first-order chi connectivity index (χ1) is 14.5. The van der Waals surface area contributed by atoms with Gasteiger partial charge in [0.15, 0.2) is 0 Å². The largest absolute Gasteiger partial charge is 0.481 e. The molecule has 0 aliphatic heterocycles. The molecule has 1 saturated carbocycles. The van der Waals surface area contributed by atoms with Crippen LogP contribution in [0.25, 0.3) is 0 Å². The number of hydrogen-bond donors (Lipinski definition) is 2. The van der Waals surface area contributed by atoms with Crippen LogP contribution in [0.15, 0.2) is 18.2 Å². The monoisotopic (exact) mass is 456 g/mol. The van der Waals surface area contributed by atoms with E-state index in [2.05, 4.69) is 47.3 Å². The van der Waals surface area contributed by atoms with Gasteiger partial charge in [-0.2, -0.15) is 22.5 Å². The minimum absolute atomic E-state index is 0.0466. The summed E-state index contributed by atoms with van der Waals surface area (Å²) in [5.74, 6) is -1.75. The summed E-state index contributed by atoms with van der Waals surface area (Å²) in [5, 5.41) is 12.3. The summed E-state index contributed by atoms with van der Waals surface area (Å²) in [7, 11) is 0. The lowest BCUT2D eigenvalue weighted by molar-refractivity contribution is -0.144. The van der Waals surface area contributed by atoms with Gasteiger partial charge in [-0.15, -0.1) is 0 Å². The number of carbonyl (C=O) groups is 1. The van der Waals surface area contributed by atoms with Gasteiger partial charge >= 0.3 is 12.1 Å². The van der Waals surface area contributed by atoms with E-state index >= 15 is 0 Å². The number of aliphatic carboxylic acids is 1. The highest BCUT2D eigenvalue weighted by Crippen LogP contribution is 2.49. The summed E-state index contributed by atoms with van der Waals surface area (Å²) < 4.78 is 42.2. The van der Waals surface area contributed by atoms with Crippen molar-refractivity contribution in [3.05, 3.63) is 29.6 Å². The number of nitrogens with zero attached hydrogens (tertiary/aromatic N) is 3. The molecule has 0 unspecified atom stereocenters. The number of carboxylic acids is 1. The molecule has 0 radical (unpaired) electrons. The number of nitrogens with one attached hydrogen (secondary N) is 1. The van der Waals surface area contributed by atoms with E-state index in [0.717, 1.165) is 24.3 Å². The average Bonchev–Trinajstić information content (AvgIpc) is 3.31. The number of hydrogen-bond acceptors (Lipinski definition) is 6. The Hall–Kier alpha value is -2.36. The Labute approximate surface area is 183 Å². The molecule has 1 aromatic carbocycles. The lowest BCUT2D eigenvalue weighted by Crippen LogP contribution is -2.31. The van der Waals surface area contributed by atoms with Gasteiger partial charge in [0.2, 0.25) is 11.0 Å². The molecule has 1 aliphatic carbocycles. The van der Waals surface area contributed by atoms with E-state index in [4.69, 9.17) is 0 Å². The van der Waals surface area contributed by atoms with Crippen LogP contribution in [0.2, 0.25) is 0 Å². The second-order valence-electron chi connectivity index (χ2n) is 8.80. The molecule has 10 heteroatoms. The lowest BCUT2D eigenvalue weighted by atomic mass is 10.0. The van der Waals surface area contributed by atoms with Crippen LogP contribution in [0.5, 0.6) is 0 Å². The smallest absolute Gasteiger partial charge is 0.452 e. The predicted molar refractivity (Wildman–Crippen MR) is 115 cm³/mol. The third kappa shape index (κ3) is 5.87. The molecule has 0 amide bonds. The van der Waals surface area contributed by atoms with Crippen molar-refractivity contribution in [2.75, 3.05) is 23.3 Å². The number of aromatic nitrogens is 2. The average molecular weight is 457 g/mol. The van der Waals surface area contributed by atoms with Gasteiger partial charge in [-0.1, -0.05) is 33.8 Å². The molecule has 1 heterocycles. The van der Waals surface area contributed by atoms with Gasteiger partial charge < -0.3 is 15.3 Å². The molecule has 2 atom stereocenters. The minimum Gasteiger partial charge on any atom is -0.481 e. The zero-order valence-electron chi connectivity index (χ0n) is 17.9. The molecule has 6 nitrogen and oxygen atoms in total. The molecule has 0 bridgehead atoms. The van der Waals surface area contributed by atoms with Gasteiger partial charge in [-0.25, -0.2) is 0 Å². The molecule has 2 N–H and O–H groups in total. The van der Waals surface area contributed by atoms with Crippen molar-refractivity contribution in [1.82, 2.24) is 9.36 Å². The molecule has 0 saturated heterocycles. The van der Waals surface area contributed by atoms with Gasteiger partial charge in [-0.3, -0.25) is 4.79 Å². The van der Waals surface area contributed by atoms with E-state index < -0.39 is 23.9 Å². The normalized spacial score (nSPS) is 18.5. The van der Waals surface area contributed by atoms with Gasteiger partial charge in [-0.05, 0) is 41.9 Å². The number of alkyl halides is 3. The highest BCUT2D eigenvalue weighted by molar-refractivity contribution is 7.09. The standard InChI is InChI=1S/C21H27F3N4O2S/c1-11(2)9-28(10-12(3)4)17-6-5-13(14-8-15(14)18(29)30)7-16(17)25-20-26-19(27-31-20)21(22,23)24/h5-7,11-12,14-15H,8-10H2,1-4H3,(H,29,30)(H,25,26,27)/t14-,15-/m1/s1. The highest BCUT2D eigenvalue weighted by Gasteiger charge is 2.44. The molecule has 1 aliphatic rings. The van der Waals surface area contributed by atoms with Crippen molar-refractivity contribution in [1.29, 1.82) is 0 Å². The molecule has 0 spiro atoms. The number of anilines is 3. The van der Waals surface area contributed by atoms with E-state index in [1.165, 1.54) is 0 Å². The maximum Gasteiger partial charge on any atom is 0.452 e. The first-order valence-electron chi connectivity index (χ1n) is 10.2. The van der Waals surface area contributed by atoms with Crippen LogP contribution in [-0.4, -0.2) is 33.5 Å². The molecule has 1 aromatic heterocycles. The Balaban J connectivity index is 1.97. The Kier molecular flexibility index (Phi) is 6.78. The fourth-order valence-corrected chi connectivity index (χ4v) is 4.25. The van der Waals surface area contributed by atoms with Crippen LogP contribution in [-0.2, 0) is 11.0 Å². The molecular formula is C21H27F3N4O2S. The Morgan fingerprint density at radius 1 is 1.26 bits per heavy atom. The second kappa shape index (κ2) is 9.02. The predicted octanol–water partition coefficient (Wildman–Crippen LogP) is 5.61. The first-order valence-corrected chi connectivity index (χ1v) is 11.0. The number of carboxylic acid groups (broad SMARTS) is 1. The molecule has 1 fully saturated rings. The highest BCUT2D eigenvalue weighted by atomic mass is 32.1. The zero-order chi connectivity index (χ0) is 22.9. The Morgan fingerprint density at radius 2 is 1.90 bits per heavy atom. The summed E-state index contributed by atoms with van der Waals surface area (Å²) in [6, 6.07) is 5.68. The van der Waals surface area contributed by atoms with Crippen LogP contribution in [0.4, 0.5) is 29.7 Å². The maximum atomic E-state index is 12.9. The summed E-state index contributed by atoms with van der Waals surface area (Å²) >= 11 is 0.650. The van der Waals surface area contributed by atoms with Crippen LogP contribution in [0.1, 0.15) is 51.4 Å². The molecule has 2 aromatic rings. The molecule has 3 rings (SSSR count). The van der Waals surface area contributed by atoms with Crippen molar-refractivity contribution >= 4 is 34.0 Å². The van der Waals surface area contributed by atoms with E-state index in [-0.39, 0.29) is 11.0 Å². The van der Waals surface area contributed by atoms with E-state index in [0.29, 0.717) is 35.5 Å². The number of halogens is 3. The van der Waals surface area contributed by atoms with E-state index in [1.54, 1.807) is 0 Å². The third-order valence-corrected chi connectivity index (χ3v) is 5.62. The lowest BCUT2D eigenvalue weighted by Gasteiger charge is -2.30. The molecule has 170 valence electrons. The van der Waals surface area contributed by atoms with Crippen molar-refractivity contribution in [3.63, 3.8) is 0 Å². The number of rotatable bonds is 9. The van der Waals surface area contributed by atoms with Gasteiger partial charge in [0.1, 0.15) is 0 Å². The van der Waals surface area contributed by atoms with Crippen molar-refractivity contribution in [2.45, 2.75) is 46.2 Å². The van der Waals surface area contributed by atoms with Gasteiger partial charge in [0.25, 0.3) is 0 Å². The summed E-state index contributed by atoms with van der Waals surface area (Å²) in [4.78, 5) is 17.1.